The second kappa shape index (κ2) is 4.30. The molecule has 1 rings (SSSR count). The van der Waals surface area contributed by atoms with Crippen molar-refractivity contribution in [1.82, 2.24) is 0 Å². The van der Waals surface area contributed by atoms with Gasteiger partial charge in [-0.1, -0.05) is 23.2 Å². The Hall–Kier alpha value is -0.990. The molecule has 1 aromatic rings. The highest BCUT2D eigenvalue weighted by Crippen LogP contribution is 2.24. The van der Waals surface area contributed by atoms with Crippen molar-refractivity contribution in [3.63, 3.8) is 0 Å². The molecule has 4 heteroatoms. The molecule has 1 aromatic carbocycles. The second-order valence-electron chi connectivity index (χ2n) is 2.35. The van der Waals surface area contributed by atoms with Crippen LogP contribution < -0.4 is 0 Å². The lowest BCUT2D eigenvalue weighted by Gasteiger charge is -1.98. The molecule has 0 aliphatic rings. The van der Waals surface area contributed by atoms with Crippen molar-refractivity contribution in [1.29, 1.82) is 0 Å². The van der Waals surface area contributed by atoms with Gasteiger partial charge in [-0.3, -0.25) is 4.79 Å². The van der Waals surface area contributed by atoms with Crippen LogP contribution in [0.4, 0.5) is 0 Å². The fourth-order valence-electron chi connectivity index (χ4n) is 0.824. The van der Waals surface area contributed by atoms with Crippen molar-refractivity contribution in [3.8, 4) is 5.75 Å². The van der Waals surface area contributed by atoms with Crippen molar-refractivity contribution in [2.24, 2.45) is 0 Å². The smallest absolute Gasteiger partial charge is 0.161 e. The Bertz CT molecular complexity index is 359. The average Bonchev–Trinajstić information content (AvgIpc) is 2.11. The molecule has 68 valence electrons. The van der Waals surface area contributed by atoms with E-state index < -0.39 is 0 Å². The predicted molar refractivity (Wildman–Crippen MR) is 53.0 cm³/mol. The highest BCUT2D eigenvalue weighted by Gasteiger charge is 1.99. The molecular weight excluding hydrogens is 211 g/mol. The van der Waals surface area contributed by atoms with E-state index in [4.69, 9.17) is 23.2 Å². The molecule has 0 radical (unpaired) electrons. The van der Waals surface area contributed by atoms with Gasteiger partial charge in [-0.25, -0.2) is 0 Å². The Morgan fingerprint density at radius 2 is 2.15 bits per heavy atom. The normalized spacial score (nSPS) is 11.4. The number of hydrogen-bond donors (Lipinski definition) is 1. The van der Waals surface area contributed by atoms with Gasteiger partial charge >= 0.3 is 0 Å². The first kappa shape index (κ1) is 10.1. The van der Waals surface area contributed by atoms with E-state index in [1.165, 1.54) is 18.2 Å². The number of allylic oxidation sites excluding steroid dienone is 1. The Labute approximate surface area is 85.4 Å². The van der Waals surface area contributed by atoms with E-state index in [1.54, 1.807) is 6.07 Å². The van der Waals surface area contributed by atoms with Crippen LogP contribution in [0.2, 0.25) is 5.02 Å². The highest BCUT2D eigenvalue weighted by molar-refractivity contribution is 6.40. The number of phenols is 1. The van der Waals surface area contributed by atoms with E-state index in [1.807, 2.05) is 0 Å². The number of phenolic OH excluding ortho intramolecular Hbond substituents is 1. The third kappa shape index (κ3) is 2.76. The summed E-state index contributed by atoms with van der Waals surface area (Å²) in [5, 5.41) is 9.78. The van der Waals surface area contributed by atoms with Gasteiger partial charge in [-0.15, -0.1) is 0 Å². The van der Waals surface area contributed by atoms with Crippen molar-refractivity contribution in [3.05, 3.63) is 33.8 Å². The van der Waals surface area contributed by atoms with Crippen LogP contribution in [0.5, 0.6) is 5.75 Å². The van der Waals surface area contributed by atoms with E-state index in [2.05, 4.69) is 0 Å². The molecule has 0 atom stereocenters. The number of benzene rings is 1. The lowest BCUT2D eigenvalue weighted by Crippen LogP contribution is -1.77. The molecule has 2 nitrogen and oxygen atoms in total. The monoisotopic (exact) mass is 216 g/mol. The van der Waals surface area contributed by atoms with Crippen LogP contribution in [0.15, 0.2) is 23.2 Å². The Morgan fingerprint density at radius 3 is 2.77 bits per heavy atom. The summed E-state index contributed by atoms with van der Waals surface area (Å²) in [6.45, 7) is 0. The molecular formula is C9H6Cl2O2. The molecule has 13 heavy (non-hydrogen) atoms. The second-order valence-corrected chi connectivity index (χ2v) is 3.22. The van der Waals surface area contributed by atoms with E-state index in [0.717, 1.165) is 0 Å². The number of carbonyl (C=O) groups is 1. The summed E-state index contributed by atoms with van der Waals surface area (Å²) in [6.07, 6.45) is 1.83. The number of aldehydes is 1. The maximum Gasteiger partial charge on any atom is 0.161 e. The molecule has 0 saturated heterocycles. The van der Waals surface area contributed by atoms with Crippen molar-refractivity contribution in [2.45, 2.75) is 0 Å². The number of halogens is 2. The molecule has 0 bridgehead atoms. The van der Waals surface area contributed by atoms with Gasteiger partial charge in [0.25, 0.3) is 0 Å². The zero-order chi connectivity index (χ0) is 9.84. The fourth-order valence-corrected chi connectivity index (χ4v) is 1.12. The highest BCUT2D eigenvalue weighted by atomic mass is 35.5. The van der Waals surface area contributed by atoms with Crippen LogP contribution in [0.1, 0.15) is 5.56 Å². The quantitative estimate of drug-likeness (QED) is 0.610. The molecule has 0 amide bonds. The van der Waals surface area contributed by atoms with Crippen LogP contribution >= 0.6 is 23.2 Å². The molecule has 0 fully saturated rings. The van der Waals surface area contributed by atoms with Gasteiger partial charge in [-0.2, -0.15) is 0 Å². The van der Waals surface area contributed by atoms with Crippen molar-refractivity contribution < 1.29 is 9.90 Å². The van der Waals surface area contributed by atoms with Gasteiger partial charge in [-0.05, 0) is 24.3 Å². The Balaban J connectivity index is 3.13. The van der Waals surface area contributed by atoms with E-state index in [0.29, 0.717) is 16.9 Å². The predicted octanol–water partition coefficient (Wildman–Crippen LogP) is 2.82. The number of hydrogen-bond acceptors (Lipinski definition) is 2. The molecule has 1 N–H and O–H groups in total. The van der Waals surface area contributed by atoms with Gasteiger partial charge in [0.1, 0.15) is 5.75 Å². The van der Waals surface area contributed by atoms with Gasteiger partial charge in [0.05, 0.1) is 5.03 Å². The molecule has 0 unspecified atom stereocenters. The maximum absolute atomic E-state index is 10.2. The SMILES string of the molecule is O=C/C(Cl)=C/c1cc(Cl)ccc1O. The Kier molecular flexibility index (Phi) is 3.34. The number of carbonyl (C=O) groups excluding carboxylic acids is 1. The van der Waals surface area contributed by atoms with E-state index in [9.17, 15) is 9.90 Å². The molecule has 0 heterocycles. The zero-order valence-corrected chi connectivity index (χ0v) is 8.01. The van der Waals surface area contributed by atoms with Crippen molar-refractivity contribution >= 4 is 35.6 Å². The number of rotatable bonds is 2. The summed E-state index contributed by atoms with van der Waals surface area (Å²) in [7, 11) is 0. The van der Waals surface area contributed by atoms with Gasteiger partial charge in [0, 0.05) is 10.6 Å². The van der Waals surface area contributed by atoms with E-state index >= 15 is 0 Å². The third-order valence-electron chi connectivity index (χ3n) is 1.40. The summed E-state index contributed by atoms with van der Waals surface area (Å²) in [6, 6.07) is 4.49. The molecule has 0 spiro atoms. The van der Waals surface area contributed by atoms with E-state index in [-0.39, 0.29) is 10.8 Å². The third-order valence-corrected chi connectivity index (χ3v) is 1.83. The minimum Gasteiger partial charge on any atom is -0.507 e. The van der Waals surface area contributed by atoms with Crippen LogP contribution in [-0.2, 0) is 4.79 Å². The summed E-state index contributed by atoms with van der Waals surface area (Å²) in [5.41, 5.74) is 0.421. The van der Waals surface area contributed by atoms with Gasteiger partial charge in [0.2, 0.25) is 0 Å². The summed E-state index contributed by atoms with van der Waals surface area (Å²) < 4.78 is 0. The van der Waals surface area contributed by atoms with Gasteiger partial charge in [0.15, 0.2) is 6.29 Å². The van der Waals surface area contributed by atoms with Crippen LogP contribution in [0.3, 0.4) is 0 Å². The first-order chi connectivity index (χ1) is 6.13. The molecule has 0 saturated carbocycles. The fraction of sp³-hybridized carbons (Fsp3) is 0. The van der Waals surface area contributed by atoms with Crippen molar-refractivity contribution in [2.75, 3.05) is 0 Å². The summed E-state index contributed by atoms with van der Waals surface area (Å²) in [4.78, 5) is 10.2. The summed E-state index contributed by atoms with van der Waals surface area (Å²) >= 11 is 11.1. The first-order valence-electron chi connectivity index (χ1n) is 3.44. The minimum absolute atomic E-state index is 0.0116. The lowest BCUT2D eigenvalue weighted by molar-refractivity contribution is -0.104. The number of aromatic hydroxyl groups is 1. The largest absolute Gasteiger partial charge is 0.507 e. The standard InChI is InChI=1S/C9H6Cl2O2/c10-7-1-2-9(13)6(3-7)4-8(11)5-12/h1-5,13H/b8-4-. The topological polar surface area (TPSA) is 37.3 Å². The molecule has 0 aromatic heterocycles. The van der Waals surface area contributed by atoms with Crippen LogP contribution in [0.25, 0.3) is 6.08 Å². The molecule has 0 aliphatic carbocycles. The first-order valence-corrected chi connectivity index (χ1v) is 4.20. The lowest BCUT2D eigenvalue weighted by atomic mass is 10.2. The minimum atomic E-state index is 0.0116. The maximum atomic E-state index is 10.2. The summed E-state index contributed by atoms with van der Waals surface area (Å²) in [5.74, 6) is 0.0319. The molecule has 0 aliphatic heterocycles. The van der Waals surface area contributed by atoms with Crippen LogP contribution in [0, 0.1) is 0 Å². The Morgan fingerprint density at radius 1 is 1.46 bits per heavy atom. The zero-order valence-electron chi connectivity index (χ0n) is 6.50. The van der Waals surface area contributed by atoms with Gasteiger partial charge < -0.3 is 5.11 Å². The average molecular weight is 217 g/mol. The van der Waals surface area contributed by atoms with Crippen LogP contribution in [-0.4, -0.2) is 11.4 Å².